The Morgan fingerprint density at radius 3 is 2.61 bits per heavy atom. The Morgan fingerprint density at radius 2 is 1.79 bits per heavy atom. The van der Waals surface area contributed by atoms with Crippen molar-refractivity contribution >= 4 is 11.8 Å². The monoisotopic (exact) mass is 455 g/mol. The molecule has 2 N–H and O–H groups in total. The minimum atomic E-state index is -0.308. The second kappa shape index (κ2) is 11.9. The van der Waals surface area contributed by atoms with Crippen LogP contribution in [0, 0.1) is 5.41 Å². The highest BCUT2D eigenvalue weighted by Gasteiger charge is 2.41. The Bertz CT molecular complexity index is 783. The van der Waals surface area contributed by atoms with Crippen LogP contribution in [-0.4, -0.2) is 55.5 Å². The maximum Gasteiger partial charge on any atom is 0.234 e. The van der Waals surface area contributed by atoms with Gasteiger partial charge in [0.05, 0.1) is 18.5 Å². The third-order valence-electron chi connectivity index (χ3n) is 7.85. The van der Waals surface area contributed by atoms with Crippen LogP contribution in [0.3, 0.4) is 0 Å². The molecule has 1 aliphatic carbocycles. The molecular formula is C27H41N3O3. The van der Waals surface area contributed by atoms with Crippen molar-refractivity contribution < 1.29 is 14.3 Å². The molecule has 2 amide bonds. The van der Waals surface area contributed by atoms with E-state index in [4.69, 9.17) is 4.74 Å². The largest absolute Gasteiger partial charge is 0.491 e. The van der Waals surface area contributed by atoms with Crippen LogP contribution in [0.15, 0.2) is 24.3 Å². The molecule has 1 aromatic rings. The molecule has 0 atom stereocenters. The lowest BCUT2D eigenvalue weighted by atomic mass is 9.73. The van der Waals surface area contributed by atoms with Gasteiger partial charge in [-0.1, -0.05) is 50.3 Å². The first-order valence-corrected chi connectivity index (χ1v) is 13.2. The number of aryl methyl sites for hydroxylation is 1. The van der Waals surface area contributed by atoms with Crippen molar-refractivity contribution in [2.24, 2.45) is 5.41 Å². The first-order chi connectivity index (χ1) is 16.1. The zero-order chi connectivity index (χ0) is 22.9. The number of carbonyl (C=O) groups is 2. The Kier molecular flexibility index (Phi) is 8.65. The van der Waals surface area contributed by atoms with E-state index in [1.54, 1.807) is 0 Å². The highest BCUT2D eigenvalue weighted by atomic mass is 16.5. The first-order valence-electron chi connectivity index (χ1n) is 13.2. The van der Waals surface area contributed by atoms with Crippen molar-refractivity contribution in [2.45, 2.75) is 83.1 Å². The van der Waals surface area contributed by atoms with Crippen LogP contribution in [0.5, 0.6) is 5.75 Å². The molecule has 6 heteroatoms. The van der Waals surface area contributed by atoms with E-state index in [0.29, 0.717) is 25.7 Å². The molecule has 4 rings (SSSR count). The van der Waals surface area contributed by atoms with Gasteiger partial charge in [0.1, 0.15) is 12.4 Å². The van der Waals surface area contributed by atoms with Crippen LogP contribution in [0.2, 0.25) is 0 Å². The summed E-state index contributed by atoms with van der Waals surface area (Å²) in [5.41, 5.74) is 0.953. The number of likely N-dealkylation sites (tertiary alicyclic amines) is 1. The van der Waals surface area contributed by atoms with Crippen LogP contribution in [0.4, 0.5) is 0 Å². The number of rotatable bonds is 3. The minimum Gasteiger partial charge on any atom is -0.491 e. The molecule has 2 aliphatic heterocycles. The topological polar surface area (TPSA) is 70.7 Å². The van der Waals surface area contributed by atoms with Crippen LogP contribution in [0.1, 0.15) is 76.2 Å². The molecule has 1 aromatic carbocycles. The second-order valence-electron chi connectivity index (χ2n) is 10.2. The lowest BCUT2D eigenvalue weighted by Crippen LogP contribution is -2.51. The Morgan fingerprint density at radius 1 is 1.03 bits per heavy atom. The van der Waals surface area contributed by atoms with Gasteiger partial charge in [0.25, 0.3) is 0 Å². The van der Waals surface area contributed by atoms with Gasteiger partial charge in [-0.2, -0.15) is 0 Å². The molecule has 1 spiro atoms. The summed E-state index contributed by atoms with van der Waals surface area (Å²) in [6.45, 7) is 3.11. The highest BCUT2D eigenvalue weighted by Crippen LogP contribution is 2.37. The van der Waals surface area contributed by atoms with E-state index in [-0.39, 0.29) is 17.2 Å². The van der Waals surface area contributed by atoms with E-state index in [1.807, 2.05) is 12.1 Å². The second-order valence-corrected chi connectivity index (χ2v) is 10.2. The number of hydrogen-bond acceptors (Lipinski definition) is 4. The maximum absolute atomic E-state index is 13.3. The average Bonchev–Trinajstić information content (AvgIpc) is 2.84. The number of para-hydroxylation sites is 1. The molecule has 0 unspecified atom stereocenters. The average molecular weight is 456 g/mol. The zero-order valence-corrected chi connectivity index (χ0v) is 20.1. The maximum atomic E-state index is 13.3. The molecule has 0 radical (unpaired) electrons. The smallest absolute Gasteiger partial charge is 0.234 e. The van der Waals surface area contributed by atoms with Gasteiger partial charge in [-0.25, -0.2) is 0 Å². The van der Waals surface area contributed by atoms with E-state index in [9.17, 15) is 9.59 Å². The summed E-state index contributed by atoms with van der Waals surface area (Å²) in [5, 5.41) is 6.39. The summed E-state index contributed by atoms with van der Waals surface area (Å²) < 4.78 is 5.98. The summed E-state index contributed by atoms with van der Waals surface area (Å²) in [6.07, 6.45) is 12.9. The van der Waals surface area contributed by atoms with E-state index < -0.39 is 0 Å². The van der Waals surface area contributed by atoms with Crippen LogP contribution in [-0.2, 0) is 16.0 Å². The molecule has 2 fully saturated rings. The molecule has 1 saturated heterocycles. The van der Waals surface area contributed by atoms with Crippen LogP contribution >= 0.6 is 0 Å². The van der Waals surface area contributed by atoms with E-state index in [0.717, 1.165) is 76.6 Å². The fourth-order valence-corrected chi connectivity index (χ4v) is 5.77. The quantitative estimate of drug-likeness (QED) is 0.727. The Balaban J connectivity index is 1.29. The lowest BCUT2D eigenvalue weighted by molar-refractivity contribution is -0.135. The number of fused-ring (bicyclic) bond motifs is 1. The van der Waals surface area contributed by atoms with Gasteiger partial charge in [0.15, 0.2) is 0 Å². The van der Waals surface area contributed by atoms with E-state index in [1.165, 1.54) is 24.8 Å². The van der Waals surface area contributed by atoms with Gasteiger partial charge >= 0.3 is 0 Å². The van der Waals surface area contributed by atoms with Crippen molar-refractivity contribution in [3.63, 3.8) is 0 Å². The number of piperidine rings is 1. The molecule has 3 aliphatic rings. The molecule has 0 aromatic heterocycles. The molecule has 6 nitrogen and oxygen atoms in total. The molecule has 0 bridgehead atoms. The molecule has 2 heterocycles. The fraction of sp³-hybridized carbons (Fsp3) is 0.704. The van der Waals surface area contributed by atoms with Gasteiger partial charge < -0.3 is 15.4 Å². The molecule has 33 heavy (non-hydrogen) atoms. The SMILES string of the molecule is O=C(CN1CCC2(CCCCCc3ccccc3OCCNC2=O)CC1)NC1CCCCC1. The van der Waals surface area contributed by atoms with Gasteiger partial charge in [-0.05, 0) is 69.7 Å². The zero-order valence-electron chi connectivity index (χ0n) is 20.1. The summed E-state index contributed by atoms with van der Waals surface area (Å²) in [7, 11) is 0. The van der Waals surface area contributed by atoms with Gasteiger partial charge in [0.2, 0.25) is 11.8 Å². The lowest BCUT2D eigenvalue weighted by Gasteiger charge is -2.40. The van der Waals surface area contributed by atoms with Crippen LogP contribution in [0.25, 0.3) is 0 Å². The van der Waals surface area contributed by atoms with E-state index >= 15 is 0 Å². The predicted octanol–water partition coefficient (Wildman–Crippen LogP) is 3.83. The number of ether oxygens (including phenoxy) is 1. The summed E-state index contributed by atoms with van der Waals surface area (Å²) in [6, 6.07) is 8.61. The standard InChI is InChI=1S/C27H41N3O3/c31-25(29-23-11-4-1-5-12-23)21-30-18-15-27(16-19-30)14-8-2-3-9-22-10-6-7-13-24(22)33-20-17-28-26(27)32/h6-7,10,13,23H,1-5,8-9,11-12,14-21H2,(H,28,32)(H,29,31). The van der Waals surface area contributed by atoms with Crippen molar-refractivity contribution in [1.29, 1.82) is 0 Å². The number of carbonyl (C=O) groups excluding carboxylic acids is 2. The molecule has 182 valence electrons. The van der Waals surface area contributed by atoms with Crippen molar-refractivity contribution in [3.8, 4) is 5.75 Å². The van der Waals surface area contributed by atoms with Crippen molar-refractivity contribution in [3.05, 3.63) is 29.8 Å². The number of benzene rings is 1. The number of nitrogens with zero attached hydrogens (tertiary/aromatic N) is 1. The summed E-state index contributed by atoms with van der Waals surface area (Å²) >= 11 is 0. The summed E-state index contributed by atoms with van der Waals surface area (Å²) in [4.78, 5) is 28.0. The molecule has 1 saturated carbocycles. The highest BCUT2D eigenvalue weighted by molar-refractivity contribution is 5.83. The first kappa shape index (κ1) is 24.1. The third kappa shape index (κ3) is 6.72. The summed E-state index contributed by atoms with van der Waals surface area (Å²) in [5.74, 6) is 1.26. The fourth-order valence-electron chi connectivity index (χ4n) is 5.77. The van der Waals surface area contributed by atoms with Crippen LogP contribution < -0.4 is 15.4 Å². The number of nitrogens with one attached hydrogen (secondary N) is 2. The predicted molar refractivity (Wildman–Crippen MR) is 130 cm³/mol. The number of amides is 2. The van der Waals surface area contributed by atoms with E-state index in [2.05, 4.69) is 27.7 Å². The molecular weight excluding hydrogens is 414 g/mol. The van der Waals surface area contributed by atoms with Gasteiger partial charge in [-0.3, -0.25) is 14.5 Å². The van der Waals surface area contributed by atoms with Crippen molar-refractivity contribution in [2.75, 3.05) is 32.8 Å². The Labute approximate surface area is 198 Å². The van der Waals surface area contributed by atoms with Gasteiger partial charge in [0, 0.05) is 6.04 Å². The van der Waals surface area contributed by atoms with Gasteiger partial charge in [-0.15, -0.1) is 0 Å². The Hall–Kier alpha value is -2.08. The normalized spacial score (nSPS) is 23.2. The minimum absolute atomic E-state index is 0.147. The third-order valence-corrected chi connectivity index (χ3v) is 7.85. The number of hydrogen-bond donors (Lipinski definition) is 2. The van der Waals surface area contributed by atoms with Crippen molar-refractivity contribution in [1.82, 2.24) is 15.5 Å².